The van der Waals surface area contributed by atoms with Crippen LogP contribution in [0.3, 0.4) is 0 Å². The molecule has 0 saturated heterocycles. The van der Waals surface area contributed by atoms with Gasteiger partial charge in [-0.15, -0.1) is 0 Å². The van der Waals surface area contributed by atoms with E-state index in [0.29, 0.717) is 19.6 Å². The van der Waals surface area contributed by atoms with E-state index >= 15 is 0 Å². The Kier molecular flexibility index (Phi) is 3.57. The monoisotopic (exact) mass is 220 g/mol. The van der Waals surface area contributed by atoms with Crippen molar-refractivity contribution < 1.29 is 14.3 Å². The predicted molar refractivity (Wildman–Crippen MR) is 61.1 cm³/mol. The first kappa shape index (κ1) is 11.1. The minimum atomic E-state index is 0.254. The number of carbonyl (C=O) groups is 1. The SMILES string of the molecule is COCCOc1ccc2c(c1)CCCC2=O. The van der Waals surface area contributed by atoms with E-state index in [0.717, 1.165) is 29.7 Å². The third kappa shape index (κ3) is 2.42. The lowest BCUT2D eigenvalue weighted by Crippen LogP contribution is -2.11. The van der Waals surface area contributed by atoms with Crippen molar-refractivity contribution >= 4 is 5.78 Å². The minimum absolute atomic E-state index is 0.254. The molecule has 0 aromatic heterocycles. The van der Waals surface area contributed by atoms with Crippen molar-refractivity contribution in [2.24, 2.45) is 0 Å². The predicted octanol–water partition coefficient (Wildman–Crippen LogP) is 2.23. The van der Waals surface area contributed by atoms with Crippen molar-refractivity contribution in [3.63, 3.8) is 0 Å². The summed E-state index contributed by atoms with van der Waals surface area (Å²) in [5.41, 5.74) is 1.98. The Balaban J connectivity index is 2.09. The highest BCUT2D eigenvalue weighted by molar-refractivity contribution is 5.98. The Bertz CT molecular complexity index is 385. The second kappa shape index (κ2) is 5.12. The average molecular weight is 220 g/mol. The van der Waals surface area contributed by atoms with Crippen molar-refractivity contribution in [1.29, 1.82) is 0 Å². The zero-order valence-electron chi connectivity index (χ0n) is 9.49. The molecule has 0 unspecified atom stereocenters. The molecule has 1 aliphatic rings. The number of methoxy groups -OCH3 is 1. The molecule has 0 bridgehead atoms. The smallest absolute Gasteiger partial charge is 0.163 e. The van der Waals surface area contributed by atoms with Crippen LogP contribution in [0.1, 0.15) is 28.8 Å². The van der Waals surface area contributed by atoms with Gasteiger partial charge < -0.3 is 9.47 Å². The number of Topliss-reactive ketones (excluding diaryl/α,β-unsaturated/α-hetero) is 1. The zero-order valence-corrected chi connectivity index (χ0v) is 9.49. The number of ketones is 1. The van der Waals surface area contributed by atoms with Gasteiger partial charge in [0, 0.05) is 19.1 Å². The lowest BCUT2D eigenvalue weighted by Gasteiger charge is -2.15. The maximum Gasteiger partial charge on any atom is 0.163 e. The number of aryl methyl sites for hydroxylation is 1. The van der Waals surface area contributed by atoms with Crippen LogP contribution in [0.15, 0.2) is 18.2 Å². The molecule has 16 heavy (non-hydrogen) atoms. The summed E-state index contributed by atoms with van der Waals surface area (Å²) in [4.78, 5) is 11.6. The van der Waals surface area contributed by atoms with Gasteiger partial charge in [-0.05, 0) is 36.6 Å². The highest BCUT2D eigenvalue weighted by atomic mass is 16.5. The molecular weight excluding hydrogens is 204 g/mol. The van der Waals surface area contributed by atoms with Gasteiger partial charge in [0.1, 0.15) is 12.4 Å². The molecule has 1 aromatic carbocycles. The third-order valence-electron chi connectivity index (χ3n) is 2.78. The van der Waals surface area contributed by atoms with Crippen molar-refractivity contribution in [3.05, 3.63) is 29.3 Å². The highest BCUT2D eigenvalue weighted by Gasteiger charge is 2.17. The fourth-order valence-electron chi connectivity index (χ4n) is 1.96. The summed E-state index contributed by atoms with van der Waals surface area (Å²) < 4.78 is 10.4. The number of rotatable bonds is 4. The molecule has 0 saturated carbocycles. The Hall–Kier alpha value is -1.35. The Labute approximate surface area is 95.4 Å². The van der Waals surface area contributed by atoms with Gasteiger partial charge in [0.15, 0.2) is 5.78 Å². The zero-order chi connectivity index (χ0) is 11.4. The summed E-state index contributed by atoms with van der Waals surface area (Å²) in [5.74, 6) is 1.08. The van der Waals surface area contributed by atoms with Crippen molar-refractivity contribution in [2.45, 2.75) is 19.3 Å². The number of benzene rings is 1. The second-order valence-electron chi connectivity index (χ2n) is 3.94. The molecule has 3 nitrogen and oxygen atoms in total. The lowest BCUT2D eigenvalue weighted by atomic mass is 9.91. The molecule has 0 atom stereocenters. The second-order valence-corrected chi connectivity index (χ2v) is 3.94. The third-order valence-corrected chi connectivity index (χ3v) is 2.78. The fraction of sp³-hybridized carbons (Fsp3) is 0.462. The van der Waals surface area contributed by atoms with Crippen LogP contribution >= 0.6 is 0 Å². The van der Waals surface area contributed by atoms with Crippen LogP contribution in [-0.2, 0) is 11.2 Å². The largest absolute Gasteiger partial charge is 0.491 e. The standard InChI is InChI=1S/C13H16O3/c1-15-7-8-16-11-5-6-12-10(9-11)3-2-4-13(12)14/h5-6,9H,2-4,7-8H2,1H3. The molecule has 1 aliphatic carbocycles. The molecule has 3 heteroatoms. The first-order valence-electron chi connectivity index (χ1n) is 5.59. The summed E-state index contributed by atoms with van der Waals surface area (Å²) in [6.45, 7) is 1.12. The van der Waals surface area contributed by atoms with Gasteiger partial charge in [0.25, 0.3) is 0 Å². The summed E-state index contributed by atoms with van der Waals surface area (Å²) in [7, 11) is 1.65. The van der Waals surface area contributed by atoms with E-state index in [2.05, 4.69) is 0 Å². The number of ether oxygens (including phenoxy) is 2. The van der Waals surface area contributed by atoms with Crippen LogP contribution in [0.5, 0.6) is 5.75 Å². The summed E-state index contributed by atoms with van der Waals surface area (Å²) in [6, 6.07) is 5.71. The van der Waals surface area contributed by atoms with E-state index < -0.39 is 0 Å². The molecule has 0 fully saturated rings. The van der Waals surface area contributed by atoms with Crippen molar-refractivity contribution in [1.82, 2.24) is 0 Å². The van der Waals surface area contributed by atoms with E-state index in [1.165, 1.54) is 0 Å². The topological polar surface area (TPSA) is 35.5 Å². The highest BCUT2D eigenvalue weighted by Crippen LogP contribution is 2.25. The first-order chi connectivity index (χ1) is 7.81. The number of carbonyl (C=O) groups excluding carboxylic acids is 1. The number of hydrogen-bond acceptors (Lipinski definition) is 3. The number of fused-ring (bicyclic) bond motifs is 1. The lowest BCUT2D eigenvalue weighted by molar-refractivity contribution is 0.0972. The first-order valence-corrected chi connectivity index (χ1v) is 5.59. The van der Waals surface area contributed by atoms with E-state index in [1.54, 1.807) is 7.11 Å². The van der Waals surface area contributed by atoms with Gasteiger partial charge in [-0.1, -0.05) is 0 Å². The van der Waals surface area contributed by atoms with E-state index in [1.807, 2.05) is 18.2 Å². The molecule has 1 aromatic rings. The average Bonchev–Trinajstić information content (AvgIpc) is 2.30. The Morgan fingerprint density at radius 3 is 2.94 bits per heavy atom. The van der Waals surface area contributed by atoms with E-state index in [9.17, 15) is 4.79 Å². The molecule has 0 aliphatic heterocycles. The molecule has 0 spiro atoms. The van der Waals surface area contributed by atoms with Crippen LogP contribution < -0.4 is 4.74 Å². The maximum absolute atomic E-state index is 11.6. The molecule has 0 N–H and O–H groups in total. The maximum atomic E-state index is 11.6. The summed E-state index contributed by atoms with van der Waals surface area (Å²) >= 11 is 0. The quantitative estimate of drug-likeness (QED) is 0.730. The fourth-order valence-corrected chi connectivity index (χ4v) is 1.96. The van der Waals surface area contributed by atoms with Gasteiger partial charge in [-0.25, -0.2) is 0 Å². The molecule has 86 valence electrons. The molecule has 0 amide bonds. The van der Waals surface area contributed by atoms with Gasteiger partial charge in [0.05, 0.1) is 6.61 Å². The summed E-state index contributed by atoms with van der Waals surface area (Å²) in [5, 5.41) is 0. The summed E-state index contributed by atoms with van der Waals surface area (Å²) in [6.07, 6.45) is 2.60. The Morgan fingerprint density at radius 2 is 2.12 bits per heavy atom. The molecule has 2 rings (SSSR count). The molecular formula is C13H16O3. The Morgan fingerprint density at radius 1 is 1.25 bits per heavy atom. The van der Waals surface area contributed by atoms with Gasteiger partial charge in [0.2, 0.25) is 0 Å². The van der Waals surface area contributed by atoms with E-state index in [-0.39, 0.29) is 5.78 Å². The van der Waals surface area contributed by atoms with E-state index in [4.69, 9.17) is 9.47 Å². The van der Waals surface area contributed by atoms with Gasteiger partial charge in [-0.2, -0.15) is 0 Å². The normalized spacial score (nSPS) is 14.7. The van der Waals surface area contributed by atoms with Crippen molar-refractivity contribution in [2.75, 3.05) is 20.3 Å². The van der Waals surface area contributed by atoms with Crippen LogP contribution in [0.2, 0.25) is 0 Å². The number of hydrogen-bond donors (Lipinski definition) is 0. The minimum Gasteiger partial charge on any atom is -0.491 e. The van der Waals surface area contributed by atoms with Crippen LogP contribution in [-0.4, -0.2) is 26.1 Å². The molecule has 0 heterocycles. The van der Waals surface area contributed by atoms with Crippen LogP contribution in [0, 0.1) is 0 Å². The van der Waals surface area contributed by atoms with Crippen molar-refractivity contribution in [3.8, 4) is 5.75 Å². The van der Waals surface area contributed by atoms with Gasteiger partial charge >= 0.3 is 0 Å². The van der Waals surface area contributed by atoms with Crippen LogP contribution in [0.4, 0.5) is 0 Å². The van der Waals surface area contributed by atoms with Crippen LogP contribution in [0.25, 0.3) is 0 Å². The molecule has 0 radical (unpaired) electrons. The van der Waals surface area contributed by atoms with Gasteiger partial charge in [-0.3, -0.25) is 4.79 Å².